The third kappa shape index (κ3) is 4.03. The first-order valence-corrected chi connectivity index (χ1v) is 5.77. The van der Waals surface area contributed by atoms with Crippen LogP contribution in [0.1, 0.15) is 18.9 Å². The lowest BCUT2D eigenvalue weighted by molar-refractivity contribution is -0.385. The van der Waals surface area contributed by atoms with Crippen LogP contribution in [0.25, 0.3) is 0 Å². The quantitative estimate of drug-likeness (QED) is 0.493. The molecular weight excluding hydrogens is 244 g/mol. The van der Waals surface area contributed by atoms with Crippen molar-refractivity contribution in [2.24, 2.45) is 0 Å². The van der Waals surface area contributed by atoms with Gasteiger partial charge in [-0.3, -0.25) is 14.9 Å². The number of carboxylic acids is 1. The van der Waals surface area contributed by atoms with E-state index in [0.29, 0.717) is 10.6 Å². The van der Waals surface area contributed by atoms with Crippen molar-refractivity contribution >= 4 is 23.4 Å². The molecule has 1 N–H and O–H groups in total. The Labute approximate surface area is 102 Å². The number of carboxylic acid groups (broad SMARTS) is 1. The first-order chi connectivity index (χ1) is 7.90. The van der Waals surface area contributed by atoms with Gasteiger partial charge in [0.2, 0.25) is 0 Å². The van der Waals surface area contributed by atoms with Crippen molar-refractivity contribution in [3.05, 3.63) is 27.9 Å². The number of aryl methyl sites for hydroxylation is 1. The van der Waals surface area contributed by atoms with Gasteiger partial charge in [0.1, 0.15) is 6.20 Å². The average molecular weight is 256 g/mol. The molecule has 17 heavy (non-hydrogen) atoms. The summed E-state index contributed by atoms with van der Waals surface area (Å²) < 4.78 is 0. The number of thioether (sulfide) groups is 1. The third-order valence-corrected chi connectivity index (χ3v) is 3.07. The standard InChI is InChI=1S/C10H12N2O4S/c1-6-3-9(11-5-8(6)12(15)16)17-7(2)4-10(13)14/h3,5,7H,4H2,1-2H3,(H,13,14). The van der Waals surface area contributed by atoms with Crippen molar-refractivity contribution in [2.75, 3.05) is 0 Å². The largest absolute Gasteiger partial charge is 0.481 e. The highest BCUT2D eigenvalue weighted by atomic mass is 32.2. The first kappa shape index (κ1) is 13.4. The normalized spacial score (nSPS) is 12.1. The van der Waals surface area contributed by atoms with Crippen LogP contribution in [0.2, 0.25) is 0 Å². The Balaban J connectivity index is 2.77. The van der Waals surface area contributed by atoms with E-state index >= 15 is 0 Å². The lowest BCUT2D eigenvalue weighted by Crippen LogP contribution is -2.06. The van der Waals surface area contributed by atoms with Crippen molar-refractivity contribution in [3.63, 3.8) is 0 Å². The summed E-state index contributed by atoms with van der Waals surface area (Å²) in [6.07, 6.45) is 1.23. The number of aromatic nitrogens is 1. The van der Waals surface area contributed by atoms with Crippen molar-refractivity contribution in [3.8, 4) is 0 Å². The van der Waals surface area contributed by atoms with Crippen LogP contribution in [0.4, 0.5) is 5.69 Å². The smallest absolute Gasteiger partial charge is 0.304 e. The van der Waals surface area contributed by atoms with Gasteiger partial charge in [-0.2, -0.15) is 0 Å². The summed E-state index contributed by atoms with van der Waals surface area (Å²) in [5.41, 5.74) is 0.496. The summed E-state index contributed by atoms with van der Waals surface area (Å²) in [6, 6.07) is 1.60. The molecule has 0 spiro atoms. The molecular formula is C10H12N2O4S. The second-order valence-electron chi connectivity index (χ2n) is 3.59. The Morgan fingerprint density at radius 3 is 2.82 bits per heavy atom. The molecule has 1 aromatic rings. The van der Waals surface area contributed by atoms with E-state index in [4.69, 9.17) is 5.11 Å². The van der Waals surface area contributed by atoms with Gasteiger partial charge < -0.3 is 5.11 Å². The molecule has 1 rings (SSSR count). The lowest BCUT2D eigenvalue weighted by Gasteiger charge is -2.07. The number of nitro groups is 1. The molecule has 1 aromatic heterocycles. The molecule has 0 fully saturated rings. The predicted octanol–water partition coefficient (Wildman–Crippen LogP) is 2.25. The van der Waals surface area contributed by atoms with E-state index in [1.165, 1.54) is 18.0 Å². The Hall–Kier alpha value is -1.63. The van der Waals surface area contributed by atoms with Crippen LogP contribution in [-0.2, 0) is 4.79 Å². The number of aliphatic carboxylic acids is 1. The van der Waals surface area contributed by atoms with Crippen LogP contribution in [0.15, 0.2) is 17.3 Å². The Morgan fingerprint density at radius 2 is 2.35 bits per heavy atom. The summed E-state index contributed by atoms with van der Waals surface area (Å²) in [6.45, 7) is 3.41. The molecule has 0 aliphatic heterocycles. The van der Waals surface area contributed by atoms with E-state index in [0.717, 1.165) is 0 Å². The zero-order valence-corrected chi connectivity index (χ0v) is 10.2. The Morgan fingerprint density at radius 1 is 1.71 bits per heavy atom. The second-order valence-corrected chi connectivity index (χ2v) is 5.05. The third-order valence-electron chi connectivity index (χ3n) is 2.04. The lowest BCUT2D eigenvalue weighted by atomic mass is 10.3. The monoisotopic (exact) mass is 256 g/mol. The molecule has 0 aliphatic rings. The number of hydrogen-bond acceptors (Lipinski definition) is 5. The summed E-state index contributed by atoms with van der Waals surface area (Å²) in [5, 5.41) is 19.7. The van der Waals surface area contributed by atoms with Gasteiger partial charge in [0.15, 0.2) is 0 Å². The van der Waals surface area contributed by atoms with E-state index in [2.05, 4.69) is 4.98 Å². The topological polar surface area (TPSA) is 93.3 Å². The fourth-order valence-corrected chi connectivity index (χ4v) is 2.27. The molecule has 92 valence electrons. The van der Waals surface area contributed by atoms with E-state index in [-0.39, 0.29) is 17.4 Å². The fourth-order valence-electron chi connectivity index (χ4n) is 1.27. The maximum absolute atomic E-state index is 10.6. The van der Waals surface area contributed by atoms with E-state index < -0.39 is 10.9 Å². The molecule has 1 heterocycles. The van der Waals surface area contributed by atoms with Crippen LogP contribution >= 0.6 is 11.8 Å². The van der Waals surface area contributed by atoms with Crippen LogP contribution in [-0.4, -0.2) is 26.2 Å². The summed E-state index contributed by atoms with van der Waals surface area (Å²) in [4.78, 5) is 24.5. The average Bonchev–Trinajstić information content (AvgIpc) is 2.15. The minimum atomic E-state index is -0.872. The van der Waals surface area contributed by atoms with Gasteiger partial charge in [0.05, 0.1) is 16.4 Å². The van der Waals surface area contributed by atoms with Gasteiger partial charge >= 0.3 is 5.97 Å². The van der Waals surface area contributed by atoms with Gasteiger partial charge in [0.25, 0.3) is 5.69 Å². The number of carbonyl (C=O) groups is 1. The molecule has 0 amide bonds. The molecule has 0 bridgehead atoms. The highest BCUT2D eigenvalue weighted by Crippen LogP contribution is 2.26. The Kier molecular flexibility index (Phi) is 4.45. The molecule has 6 nitrogen and oxygen atoms in total. The van der Waals surface area contributed by atoms with Crippen molar-refractivity contribution in [1.82, 2.24) is 4.98 Å². The van der Waals surface area contributed by atoms with Gasteiger partial charge in [0, 0.05) is 10.8 Å². The highest BCUT2D eigenvalue weighted by molar-refractivity contribution is 7.99. The summed E-state index contributed by atoms with van der Waals surface area (Å²) in [5.74, 6) is -0.872. The van der Waals surface area contributed by atoms with Crippen LogP contribution in [0.5, 0.6) is 0 Å². The maximum Gasteiger partial charge on any atom is 0.304 e. The Bertz CT molecular complexity index is 450. The molecule has 0 aliphatic carbocycles. The molecule has 0 saturated carbocycles. The number of pyridine rings is 1. The summed E-state index contributed by atoms with van der Waals surface area (Å²) >= 11 is 1.29. The second kappa shape index (κ2) is 5.62. The zero-order valence-electron chi connectivity index (χ0n) is 9.41. The van der Waals surface area contributed by atoms with Crippen LogP contribution in [0.3, 0.4) is 0 Å². The maximum atomic E-state index is 10.6. The molecule has 0 saturated heterocycles. The minimum Gasteiger partial charge on any atom is -0.481 e. The van der Waals surface area contributed by atoms with E-state index in [1.54, 1.807) is 19.9 Å². The number of nitrogens with zero attached hydrogens (tertiary/aromatic N) is 2. The number of rotatable bonds is 5. The fraction of sp³-hybridized carbons (Fsp3) is 0.400. The molecule has 1 atom stereocenters. The minimum absolute atomic E-state index is 0.0276. The number of hydrogen-bond donors (Lipinski definition) is 1. The molecule has 1 unspecified atom stereocenters. The van der Waals surface area contributed by atoms with Gasteiger partial charge in [-0.1, -0.05) is 6.92 Å². The molecule has 0 radical (unpaired) electrons. The SMILES string of the molecule is Cc1cc(SC(C)CC(=O)O)ncc1[N+](=O)[O-]. The highest BCUT2D eigenvalue weighted by Gasteiger charge is 2.14. The zero-order chi connectivity index (χ0) is 13.0. The van der Waals surface area contributed by atoms with Gasteiger partial charge in [-0.05, 0) is 13.0 Å². The van der Waals surface area contributed by atoms with Crippen molar-refractivity contribution in [2.45, 2.75) is 30.5 Å². The molecule has 0 aromatic carbocycles. The van der Waals surface area contributed by atoms with Gasteiger partial charge in [-0.25, -0.2) is 4.98 Å². The first-order valence-electron chi connectivity index (χ1n) is 4.89. The van der Waals surface area contributed by atoms with Crippen LogP contribution < -0.4 is 0 Å². The van der Waals surface area contributed by atoms with E-state index in [1.807, 2.05) is 0 Å². The molecule has 7 heteroatoms. The van der Waals surface area contributed by atoms with Gasteiger partial charge in [-0.15, -0.1) is 11.8 Å². The van der Waals surface area contributed by atoms with Crippen molar-refractivity contribution in [1.29, 1.82) is 0 Å². The van der Waals surface area contributed by atoms with Crippen molar-refractivity contribution < 1.29 is 14.8 Å². The predicted molar refractivity (Wildman–Crippen MR) is 63.2 cm³/mol. The van der Waals surface area contributed by atoms with E-state index in [9.17, 15) is 14.9 Å². The summed E-state index contributed by atoms with van der Waals surface area (Å²) in [7, 11) is 0. The van der Waals surface area contributed by atoms with Crippen LogP contribution in [0, 0.1) is 17.0 Å².